The summed E-state index contributed by atoms with van der Waals surface area (Å²) in [4.78, 5) is 16.9. The maximum atomic E-state index is 12.4. The van der Waals surface area contributed by atoms with Crippen LogP contribution in [-0.2, 0) is 0 Å². The summed E-state index contributed by atoms with van der Waals surface area (Å²) in [7, 11) is 0. The quantitative estimate of drug-likeness (QED) is 0.637. The van der Waals surface area contributed by atoms with Gasteiger partial charge in [0.2, 0.25) is 0 Å². The summed E-state index contributed by atoms with van der Waals surface area (Å²) in [5.41, 5.74) is 1.40. The zero-order chi connectivity index (χ0) is 18.5. The molecule has 0 saturated heterocycles. The molecule has 2 aromatic carbocycles. The van der Waals surface area contributed by atoms with Crippen LogP contribution in [0.15, 0.2) is 42.5 Å². The van der Waals surface area contributed by atoms with Crippen LogP contribution in [0.5, 0.6) is 11.5 Å². The van der Waals surface area contributed by atoms with Crippen LogP contribution < -0.4 is 14.8 Å². The summed E-state index contributed by atoms with van der Waals surface area (Å²) < 4.78 is 12.1. The zero-order valence-electron chi connectivity index (χ0n) is 15.1. The molecule has 0 aliphatic heterocycles. The maximum absolute atomic E-state index is 12.4. The molecule has 0 aliphatic carbocycles. The van der Waals surface area contributed by atoms with Gasteiger partial charge >= 0.3 is 0 Å². The van der Waals surface area contributed by atoms with E-state index >= 15 is 0 Å². The van der Waals surface area contributed by atoms with Crippen molar-refractivity contribution < 1.29 is 14.3 Å². The molecule has 3 aromatic rings. The lowest BCUT2D eigenvalue weighted by Crippen LogP contribution is -2.11. The Morgan fingerprint density at radius 2 is 1.85 bits per heavy atom. The number of carbonyl (C=O) groups excluding carboxylic acids is 1. The zero-order valence-corrected chi connectivity index (χ0v) is 15.9. The largest absolute Gasteiger partial charge is 0.494 e. The van der Waals surface area contributed by atoms with Gasteiger partial charge in [-0.1, -0.05) is 25.2 Å². The topological polar surface area (TPSA) is 60.5 Å². The Balaban J connectivity index is 1.68. The highest BCUT2D eigenvalue weighted by molar-refractivity contribution is 7.22. The molecule has 0 aliphatic rings. The van der Waals surface area contributed by atoms with Crippen molar-refractivity contribution in [3.63, 3.8) is 0 Å². The third kappa shape index (κ3) is 4.52. The molecule has 1 heterocycles. The van der Waals surface area contributed by atoms with Crippen LogP contribution in [0.3, 0.4) is 0 Å². The van der Waals surface area contributed by atoms with Gasteiger partial charge in [-0.3, -0.25) is 10.1 Å². The van der Waals surface area contributed by atoms with Crippen molar-refractivity contribution in [1.29, 1.82) is 0 Å². The fourth-order valence-electron chi connectivity index (χ4n) is 2.35. The summed E-state index contributed by atoms with van der Waals surface area (Å²) in [6, 6.07) is 12.8. The van der Waals surface area contributed by atoms with E-state index in [9.17, 15) is 4.79 Å². The first-order valence-electron chi connectivity index (χ1n) is 8.62. The van der Waals surface area contributed by atoms with Gasteiger partial charge in [-0.15, -0.1) is 0 Å². The number of nitrogens with zero attached hydrogens (tertiary/aromatic N) is 1. The SMILES string of the molecule is CCOc1ccc2nc(NC(=O)c3ccc(OCC(C)C)cc3)sc2c1. The van der Waals surface area contributed by atoms with E-state index in [4.69, 9.17) is 9.47 Å². The number of carbonyl (C=O) groups is 1. The van der Waals surface area contributed by atoms with Crippen LogP contribution >= 0.6 is 11.3 Å². The fourth-order valence-corrected chi connectivity index (χ4v) is 3.24. The van der Waals surface area contributed by atoms with Crippen LogP contribution in [0.4, 0.5) is 5.13 Å². The number of amides is 1. The highest BCUT2D eigenvalue weighted by Crippen LogP contribution is 2.29. The molecular weight excluding hydrogens is 348 g/mol. The average Bonchev–Trinajstić information content (AvgIpc) is 3.02. The first-order chi connectivity index (χ1) is 12.5. The van der Waals surface area contributed by atoms with Gasteiger partial charge in [0.25, 0.3) is 5.91 Å². The van der Waals surface area contributed by atoms with Gasteiger partial charge in [-0.2, -0.15) is 0 Å². The predicted molar refractivity (Wildman–Crippen MR) is 106 cm³/mol. The Kier molecular flexibility index (Phi) is 5.73. The molecule has 5 nitrogen and oxygen atoms in total. The summed E-state index contributed by atoms with van der Waals surface area (Å²) in [5.74, 6) is 1.84. The van der Waals surface area contributed by atoms with Crippen molar-refractivity contribution >= 4 is 32.6 Å². The van der Waals surface area contributed by atoms with E-state index in [0.29, 0.717) is 29.8 Å². The Morgan fingerprint density at radius 1 is 1.12 bits per heavy atom. The lowest BCUT2D eigenvalue weighted by atomic mass is 10.2. The number of benzene rings is 2. The van der Waals surface area contributed by atoms with Crippen LogP contribution in [0.25, 0.3) is 10.2 Å². The third-order valence-electron chi connectivity index (χ3n) is 3.59. The number of nitrogens with one attached hydrogen (secondary N) is 1. The van der Waals surface area contributed by atoms with E-state index in [1.54, 1.807) is 12.1 Å². The fraction of sp³-hybridized carbons (Fsp3) is 0.300. The normalized spacial score (nSPS) is 10.9. The molecule has 0 atom stereocenters. The van der Waals surface area contributed by atoms with E-state index in [-0.39, 0.29) is 5.91 Å². The van der Waals surface area contributed by atoms with Crippen molar-refractivity contribution in [2.75, 3.05) is 18.5 Å². The molecule has 26 heavy (non-hydrogen) atoms. The lowest BCUT2D eigenvalue weighted by Gasteiger charge is -2.09. The molecule has 0 bridgehead atoms. The van der Waals surface area contributed by atoms with Gasteiger partial charge in [0, 0.05) is 5.56 Å². The van der Waals surface area contributed by atoms with Crippen LogP contribution in [-0.4, -0.2) is 24.1 Å². The van der Waals surface area contributed by atoms with Gasteiger partial charge in [-0.05, 0) is 55.3 Å². The van der Waals surface area contributed by atoms with Crippen LogP contribution in [0, 0.1) is 5.92 Å². The number of ether oxygens (including phenoxy) is 2. The summed E-state index contributed by atoms with van der Waals surface area (Å²) in [6.07, 6.45) is 0. The van der Waals surface area contributed by atoms with E-state index in [1.165, 1.54) is 11.3 Å². The molecule has 1 aromatic heterocycles. The molecule has 1 N–H and O–H groups in total. The van der Waals surface area contributed by atoms with Crippen molar-refractivity contribution in [1.82, 2.24) is 4.98 Å². The summed E-state index contributed by atoms with van der Waals surface area (Å²) >= 11 is 1.43. The minimum atomic E-state index is -0.190. The number of aromatic nitrogens is 1. The maximum Gasteiger partial charge on any atom is 0.257 e. The first-order valence-corrected chi connectivity index (χ1v) is 9.44. The van der Waals surface area contributed by atoms with Crippen molar-refractivity contribution in [2.45, 2.75) is 20.8 Å². The van der Waals surface area contributed by atoms with Crippen molar-refractivity contribution in [2.24, 2.45) is 5.92 Å². The van der Waals surface area contributed by atoms with Crippen LogP contribution in [0.2, 0.25) is 0 Å². The standard InChI is InChI=1S/C20H22N2O3S/c1-4-24-16-9-10-17-18(11-16)26-20(21-17)22-19(23)14-5-7-15(8-6-14)25-12-13(2)3/h5-11,13H,4,12H2,1-3H3,(H,21,22,23). The number of rotatable bonds is 7. The molecule has 3 rings (SSSR count). The first kappa shape index (κ1) is 18.2. The van der Waals surface area contributed by atoms with E-state index in [1.807, 2.05) is 37.3 Å². The van der Waals surface area contributed by atoms with Gasteiger partial charge in [0.05, 0.1) is 23.4 Å². The van der Waals surface area contributed by atoms with E-state index < -0.39 is 0 Å². The smallest absolute Gasteiger partial charge is 0.257 e. The summed E-state index contributed by atoms with van der Waals surface area (Å²) in [5, 5.41) is 3.42. The number of thiazole rings is 1. The second-order valence-electron chi connectivity index (χ2n) is 6.26. The molecular formula is C20H22N2O3S. The number of fused-ring (bicyclic) bond motifs is 1. The molecule has 0 spiro atoms. The van der Waals surface area contributed by atoms with Gasteiger partial charge in [0.1, 0.15) is 11.5 Å². The van der Waals surface area contributed by atoms with Gasteiger partial charge in [-0.25, -0.2) is 4.98 Å². The lowest BCUT2D eigenvalue weighted by molar-refractivity contribution is 0.102. The molecule has 0 saturated carbocycles. The highest BCUT2D eigenvalue weighted by atomic mass is 32.1. The minimum absolute atomic E-state index is 0.190. The molecule has 6 heteroatoms. The van der Waals surface area contributed by atoms with Crippen molar-refractivity contribution in [3.05, 3.63) is 48.0 Å². The molecule has 136 valence electrons. The van der Waals surface area contributed by atoms with Crippen LogP contribution in [0.1, 0.15) is 31.1 Å². The molecule has 0 unspecified atom stereocenters. The van der Waals surface area contributed by atoms with Gasteiger partial charge < -0.3 is 9.47 Å². The van der Waals surface area contributed by atoms with Crippen molar-refractivity contribution in [3.8, 4) is 11.5 Å². The molecule has 0 fully saturated rings. The Morgan fingerprint density at radius 3 is 2.54 bits per heavy atom. The monoisotopic (exact) mass is 370 g/mol. The summed E-state index contributed by atoms with van der Waals surface area (Å²) in [6.45, 7) is 7.40. The second kappa shape index (κ2) is 8.19. The Bertz CT molecular complexity index is 888. The molecule has 1 amide bonds. The predicted octanol–water partition coefficient (Wildman–Crippen LogP) is 4.98. The van der Waals surface area contributed by atoms with E-state index in [2.05, 4.69) is 24.1 Å². The number of anilines is 1. The average molecular weight is 370 g/mol. The highest BCUT2D eigenvalue weighted by Gasteiger charge is 2.11. The van der Waals surface area contributed by atoms with E-state index in [0.717, 1.165) is 21.7 Å². The number of hydrogen-bond acceptors (Lipinski definition) is 5. The third-order valence-corrected chi connectivity index (χ3v) is 4.52. The number of hydrogen-bond donors (Lipinski definition) is 1. The minimum Gasteiger partial charge on any atom is -0.494 e. The Labute approximate surface area is 157 Å². The van der Waals surface area contributed by atoms with Gasteiger partial charge in [0.15, 0.2) is 5.13 Å². The Hall–Kier alpha value is -2.60. The molecule has 0 radical (unpaired) electrons. The second-order valence-corrected chi connectivity index (χ2v) is 7.30.